The van der Waals surface area contributed by atoms with E-state index >= 15 is 0 Å². The lowest BCUT2D eigenvalue weighted by molar-refractivity contribution is -0.146. The molecular weight excluding hydrogens is 459 g/mol. The molecule has 2 bridgehead atoms. The van der Waals surface area contributed by atoms with Crippen LogP contribution in [0.1, 0.15) is 12.0 Å². The van der Waals surface area contributed by atoms with Crippen LogP contribution in [0.15, 0.2) is 60.7 Å². The molecule has 0 aromatic heterocycles. The normalized spacial score (nSPS) is 31.9. The van der Waals surface area contributed by atoms with Gasteiger partial charge < -0.3 is 5.32 Å². The van der Waals surface area contributed by atoms with Crippen molar-refractivity contribution >= 4 is 46.6 Å². The van der Waals surface area contributed by atoms with Crippen molar-refractivity contribution in [2.45, 2.75) is 18.9 Å². The second kappa shape index (κ2) is 7.71. The highest BCUT2D eigenvalue weighted by Gasteiger charge is 2.67. The zero-order valence-electron chi connectivity index (χ0n) is 17.7. The fourth-order valence-electron chi connectivity index (χ4n) is 6.24. The highest BCUT2D eigenvalue weighted by molar-refractivity contribution is 6.44. The fraction of sp³-hybridized carbons (Fsp3) is 0.346. The molecule has 168 valence electrons. The summed E-state index contributed by atoms with van der Waals surface area (Å²) in [4.78, 5) is 42.1. The number of likely N-dealkylation sites (tertiary alicyclic amines) is 1. The van der Waals surface area contributed by atoms with E-state index in [1.807, 2.05) is 30.3 Å². The summed E-state index contributed by atoms with van der Waals surface area (Å²) in [6.45, 7) is 0. The molecule has 2 aromatic rings. The summed E-state index contributed by atoms with van der Waals surface area (Å²) >= 11 is 12.4. The monoisotopic (exact) mass is 480 g/mol. The van der Waals surface area contributed by atoms with Crippen LogP contribution in [0.2, 0.25) is 10.0 Å². The van der Waals surface area contributed by atoms with Crippen LogP contribution in [0, 0.1) is 35.5 Å². The zero-order chi connectivity index (χ0) is 22.9. The Hall–Kier alpha value is -2.63. The third-order valence-corrected chi connectivity index (χ3v) is 8.61. The molecule has 4 aliphatic carbocycles. The van der Waals surface area contributed by atoms with Crippen LogP contribution in [-0.4, -0.2) is 28.7 Å². The summed E-state index contributed by atoms with van der Waals surface area (Å²) in [6.07, 6.45) is 5.59. The van der Waals surface area contributed by atoms with Crippen LogP contribution in [-0.2, 0) is 20.8 Å². The number of carbonyl (C=O) groups excluding carboxylic acids is 3. The van der Waals surface area contributed by atoms with Gasteiger partial charge in [-0.05, 0) is 47.8 Å². The summed E-state index contributed by atoms with van der Waals surface area (Å²) in [6, 6.07) is 13.4. The van der Waals surface area contributed by atoms with E-state index in [1.165, 1.54) is 4.90 Å². The first-order chi connectivity index (χ1) is 16.0. The van der Waals surface area contributed by atoms with E-state index < -0.39 is 11.9 Å². The van der Waals surface area contributed by atoms with Crippen LogP contribution in [0.5, 0.6) is 0 Å². The Morgan fingerprint density at radius 3 is 2.21 bits per heavy atom. The Morgan fingerprint density at radius 1 is 0.939 bits per heavy atom. The van der Waals surface area contributed by atoms with E-state index in [9.17, 15) is 14.4 Å². The molecule has 0 radical (unpaired) electrons. The molecule has 0 unspecified atom stereocenters. The van der Waals surface area contributed by atoms with Crippen molar-refractivity contribution in [3.63, 3.8) is 0 Å². The highest BCUT2D eigenvalue weighted by atomic mass is 35.5. The summed E-state index contributed by atoms with van der Waals surface area (Å²) in [5.74, 6) is -0.369. The van der Waals surface area contributed by atoms with Gasteiger partial charge in [0.25, 0.3) is 0 Å². The van der Waals surface area contributed by atoms with Crippen molar-refractivity contribution in [3.8, 4) is 0 Å². The molecule has 7 rings (SSSR count). The molecule has 1 aliphatic heterocycles. The largest absolute Gasteiger partial charge is 0.323 e. The summed E-state index contributed by atoms with van der Waals surface area (Å²) in [5.41, 5.74) is 1.22. The number of nitrogens with one attached hydrogen (secondary N) is 1. The summed E-state index contributed by atoms with van der Waals surface area (Å²) < 4.78 is 0. The van der Waals surface area contributed by atoms with Gasteiger partial charge in [-0.1, -0.05) is 71.8 Å². The first kappa shape index (κ1) is 20.9. The molecule has 3 amide bonds. The van der Waals surface area contributed by atoms with E-state index in [4.69, 9.17) is 23.2 Å². The van der Waals surface area contributed by atoms with Gasteiger partial charge in [0.05, 0.1) is 27.6 Å². The van der Waals surface area contributed by atoms with Crippen LogP contribution in [0.4, 0.5) is 5.69 Å². The van der Waals surface area contributed by atoms with Crippen molar-refractivity contribution in [2.75, 3.05) is 5.32 Å². The number of amides is 3. The van der Waals surface area contributed by atoms with Gasteiger partial charge in [0.2, 0.25) is 17.7 Å². The standard InChI is InChI=1S/C26H22Cl2N2O3/c27-18-7-4-8-19(23(18)28)29-24(31)20(11-13-5-2-1-3-6-13)30-25(32)21-14-9-10-15(17-12-16(14)17)22(21)26(30)33/h1-10,14-17,20-22H,11-12H2,(H,29,31)/t14-,15-,16-,17-,20-,21+,22+/m0/s1. The molecule has 7 heteroatoms. The number of hydrogen-bond donors (Lipinski definition) is 1. The highest BCUT2D eigenvalue weighted by Crippen LogP contribution is 2.65. The lowest BCUT2D eigenvalue weighted by Gasteiger charge is -2.37. The lowest BCUT2D eigenvalue weighted by atomic mass is 9.63. The quantitative estimate of drug-likeness (QED) is 0.502. The summed E-state index contributed by atoms with van der Waals surface area (Å²) in [7, 11) is 0. The number of anilines is 1. The first-order valence-electron chi connectivity index (χ1n) is 11.3. The number of benzene rings is 2. The maximum Gasteiger partial charge on any atom is 0.248 e. The van der Waals surface area contributed by atoms with Crippen molar-refractivity contribution in [2.24, 2.45) is 35.5 Å². The second-order valence-electron chi connectivity index (χ2n) is 9.50. The van der Waals surface area contributed by atoms with Crippen molar-refractivity contribution < 1.29 is 14.4 Å². The number of rotatable bonds is 5. The fourth-order valence-corrected chi connectivity index (χ4v) is 6.59. The van der Waals surface area contributed by atoms with Gasteiger partial charge in [-0.2, -0.15) is 0 Å². The molecule has 2 aromatic carbocycles. The van der Waals surface area contributed by atoms with Crippen LogP contribution < -0.4 is 5.32 Å². The van der Waals surface area contributed by atoms with E-state index in [-0.39, 0.29) is 46.9 Å². The van der Waals surface area contributed by atoms with E-state index in [2.05, 4.69) is 17.5 Å². The average molecular weight is 481 g/mol. The van der Waals surface area contributed by atoms with Gasteiger partial charge in [-0.25, -0.2) is 0 Å². The Morgan fingerprint density at radius 2 is 1.58 bits per heavy atom. The van der Waals surface area contributed by atoms with E-state index in [1.54, 1.807) is 18.2 Å². The molecule has 5 nitrogen and oxygen atoms in total. The van der Waals surface area contributed by atoms with Crippen LogP contribution in [0.3, 0.4) is 0 Å². The number of nitrogens with zero attached hydrogens (tertiary/aromatic N) is 1. The van der Waals surface area contributed by atoms with E-state index in [0.29, 0.717) is 22.5 Å². The van der Waals surface area contributed by atoms with Gasteiger partial charge in [0.15, 0.2) is 0 Å². The molecule has 2 saturated carbocycles. The third kappa shape index (κ3) is 3.24. The predicted molar refractivity (Wildman–Crippen MR) is 126 cm³/mol. The van der Waals surface area contributed by atoms with Crippen molar-refractivity contribution in [3.05, 3.63) is 76.3 Å². The third-order valence-electron chi connectivity index (χ3n) is 7.79. The number of halogens is 2. The van der Waals surface area contributed by atoms with E-state index in [0.717, 1.165) is 12.0 Å². The van der Waals surface area contributed by atoms with Crippen LogP contribution >= 0.6 is 23.2 Å². The number of hydrogen-bond acceptors (Lipinski definition) is 3. The smallest absolute Gasteiger partial charge is 0.248 e. The van der Waals surface area contributed by atoms with Crippen molar-refractivity contribution in [1.29, 1.82) is 0 Å². The summed E-state index contributed by atoms with van der Waals surface area (Å²) in [5, 5.41) is 3.35. The number of imide groups is 1. The van der Waals surface area contributed by atoms with Gasteiger partial charge in [-0.15, -0.1) is 0 Å². The molecule has 7 atom stereocenters. The molecule has 1 saturated heterocycles. The topological polar surface area (TPSA) is 66.5 Å². The Labute approximate surface area is 201 Å². The Kier molecular flexibility index (Phi) is 4.89. The molecule has 1 N–H and O–H groups in total. The molecule has 5 aliphatic rings. The zero-order valence-corrected chi connectivity index (χ0v) is 19.2. The predicted octanol–water partition coefficient (Wildman–Crippen LogP) is 4.60. The maximum atomic E-state index is 13.7. The second-order valence-corrected chi connectivity index (χ2v) is 10.3. The molecule has 3 fully saturated rings. The minimum Gasteiger partial charge on any atom is -0.323 e. The van der Waals surface area contributed by atoms with Crippen molar-refractivity contribution in [1.82, 2.24) is 4.90 Å². The number of carbonyl (C=O) groups is 3. The molecule has 33 heavy (non-hydrogen) atoms. The minimum atomic E-state index is -0.969. The van der Waals surface area contributed by atoms with Gasteiger partial charge >= 0.3 is 0 Å². The first-order valence-corrected chi connectivity index (χ1v) is 12.1. The number of allylic oxidation sites excluding steroid dienone is 2. The van der Waals surface area contributed by atoms with Gasteiger partial charge in [-0.3, -0.25) is 19.3 Å². The minimum absolute atomic E-state index is 0.106. The SMILES string of the molecule is O=C(Nc1cccc(Cl)c1Cl)[C@H](Cc1ccccc1)N1C(=O)[C@@H]2[C@H]3C=C[C@@H]([C@@H]4C[C@@H]34)[C@H]2C1=O. The Balaban J connectivity index is 1.34. The Bertz CT molecular complexity index is 1160. The molecule has 0 spiro atoms. The average Bonchev–Trinajstić information content (AvgIpc) is 3.60. The lowest BCUT2D eigenvalue weighted by Crippen LogP contribution is -2.49. The molecule has 1 heterocycles. The van der Waals surface area contributed by atoms with Gasteiger partial charge in [0.1, 0.15) is 6.04 Å². The van der Waals surface area contributed by atoms with Gasteiger partial charge in [0, 0.05) is 6.42 Å². The maximum absolute atomic E-state index is 13.7. The molecular formula is C26H22Cl2N2O3. The van der Waals surface area contributed by atoms with Crippen LogP contribution in [0.25, 0.3) is 0 Å².